The number of allylic oxidation sites excluding steroid dienone is 1. The van der Waals surface area contributed by atoms with Crippen molar-refractivity contribution >= 4 is 15.4 Å². The van der Waals surface area contributed by atoms with Crippen molar-refractivity contribution in [3.63, 3.8) is 0 Å². The largest absolute Gasteiger partial charge is 0.229 e. The molecule has 0 saturated carbocycles. The summed E-state index contributed by atoms with van der Waals surface area (Å²) < 4.78 is 22.4. The normalized spacial score (nSPS) is 10.8. The van der Waals surface area contributed by atoms with Crippen LogP contribution in [-0.2, 0) is 15.6 Å². The molecule has 0 aliphatic carbocycles. The van der Waals surface area contributed by atoms with E-state index >= 15 is 0 Å². The lowest BCUT2D eigenvalue weighted by molar-refractivity contribution is 0.601. The minimum absolute atomic E-state index is 0.0528. The van der Waals surface area contributed by atoms with E-state index in [1.165, 1.54) is 6.26 Å². The molecule has 0 bridgehead atoms. The van der Waals surface area contributed by atoms with Gasteiger partial charge in [-0.25, -0.2) is 8.42 Å². The quantitative estimate of drug-likeness (QED) is 0.806. The number of hydrogen-bond donors (Lipinski definition) is 0. The molecule has 0 N–H and O–H groups in total. The van der Waals surface area contributed by atoms with E-state index in [-0.39, 0.29) is 5.75 Å². The van der Waals surface area contributed by atoms with Crippen LogP contribution in [0.25, 0.3) is 5.57 Å². The summed E-state index contributed by atoms with van der Waals surface area (Å²) in [7, 11) is -3.08. The van der Waals surface area contributed by atoms with Crippen molar-refractivity contribution in [3.8, 4) is 6.07 Å². The fourth-order valence-corrected chi connectivity index (χ4v) is 2.16. The van der Waals surface area contributed by atoms with Crippen LogP contribution in [0.4, 0.5) is 0 Å². The number of nitrogens with zero attached hydrogens (tertiary/aromatic N) is 1. The van der Waals surface area contributed by atoms with Crippen molar-refractivity contribution in [2.75, 3.05) is 6.26 Å². The number of sulfone groups is 1. The van der Waals surface area contributed by atoms with Gasteiger partial charge in [0.2, 0.25) is 0 Å². The third kappa shape index (κ3) is 3.52. The maximum Gasteiger partial charge on any atom is 0.151 e. The van der Waals surface area contributed by atoms with Gasteiger partial charge in [0.25, 0.3) is 0 Å². The molecule has 3 nitrogen and oxygen atoms in total. The van der Waals surface area contributed by atoms with Crippen molar-refractivity contribution in [3.05, 3.63) is 41.5 Å². The molecule has 0 unspecified atom stereocenters. The molecule has 0 radical (unpaired) electrons. The third-order valence-electron chi connectivity index (χ3n) is 2.04. The van der Waals surface area contributed by atoms with Crippen LogP contribution in [0.1, 0.15) is 23.6 Å². The van der Waals surface area contributed by atoms with Gasteiger partial charge in [-0.15, -0.1) is 0 Å². The Morgan fingerprint density at radius 3 is 2.50 bits per heavy atom. The molecule has 84 valence electrons. The van der Waals surface area contributed by atoms with Gasteiger partial charge in [-0.2, -0.15) is 5.26 Å². The number of nitriles is 1. The number of hydrogen-bond acceptors (Lipinski definition) is 3. The summed E-state index contributed by atoms with van der Waals surface area (Å²) in [6, 6.07) is 7.06. The van der Waals surface area contributed by atoms with Crippen molar-refractivity contribution in [2.45, 2.75) is 12.7 Å². The highest BCUT2D eigenvalue weighted by atomic mass is 32.2. The molecule has 0 aromatic heterocycles. The Morgan fingerprint density at radius 1 is 1.44 bits per heavy atom. The average Bonchev–Trinajstić information content (AvgIpc) is 2.14. The number of rotatable bonds is 3. The van der Waals surface area contributed by atoms with E-state index in [1.54, 1.807) is 18.2 Å². The van der Waals surface area contributed by atoms with Crippen molar-refractivity contribution in [2.24, 2.45) is 0 Å². The lowest BCUT2D eigenvalue weighted by Crippen LogP contribution is -2.01. The predicted molar refractivity (Wildman–Crippen MR) is 64.4 cm³/mol. The van der Waals surface area contributed by atoms with Crippen molar-refractivity contribution in [1.82, 2.24) is 0 Å². The standard InChI is InChI=1S/C12H13NO2S/c1-9(2)12-5-10(7-13)4-11(6-12)8-16(3,14)15/h4-6H,1,8H2,2-3H3. The molecule has 0 saturated heterocycles. The van der Waals surface area contributed by atoms with Gasteiger partial charge < -0.3 is 0 Å². The Balaban J connectivity index is 3.26. The molecular formula is C12H13NO2S. The minimum Gasteiger partial charge on any atom is -0.229 e. The monoisotopic (exact) mass is 235 g/mol. The van der Waals surface area contributed by atoms with E-state index < -0.39 is 9.84 Å². The maximum absolute atomic E-state index is 11.2. The van der Waals surface area contributed by atoms with Crippen LogP contribution in [0.2, 0.25) is 0 Å². The maximum atomic E-state index is 11.2. The van der Waals surface area contributed by atoms with E-state index in [2.05, 4.69) is 6.58 Å². The van der Waals surface area contributed by atoms with Gasteiger partial charge in [-0.05, 0) is 30.2 Å². The first-order valence-corrected chi connectivity index (χ1v) is 6.75. The van der Waals surface area contributed by atoms with Gasteiger partial charge in [0.1, 0.15) is 0 Å². The highest BCUT2D eigenvalue weighted by molar-refractivity contribution is 7.89. The molecule has 0 aliphatic rings. The van der Waals surface area contributed by atoms with Gasteiger partial charge in [0, 0.05) is 6.26 Å². The van der Waals surface area contributed by atoms with E-state index in [0.29, 0.717) is 11.1 Å². The Bertz CT molecular complexity index is 565. The van der Waals surface area contributed by atoms with Crippen LogP contribution in [0.3, 0.4) is 0 Å². The molecular weight excluding hydrogens is 222 g/mol. The lowest BCUT2D eigenvalue weighted by atomic mass is 10.0. The van der Waals surface area contributed by atoms with E-state index in [4.69, 9.17) is 5.26 Å². The molecule has 16 heavy (non-hydrogen) atoms. The van der Waals surface area contributed by atoms with Gasteiger partial charge in [-0.1, -0.05) is 18.2 Å². The van der Waals surface area contributed by atoms with E-state index in [0.717, 1.165) is 11.1 Å². The Hall–Kier alpha value is -1.60. The fraction of sp³-hybridized carbons (Fsp3) is 0.250. The first-order valence-electron chi connectivity index (χ1n) is 4.69. The smallest absolute Gasteiger partial charge is 0.151 e. The van der Waals surface area contributed by atoms with Crippen LogP contribution in [-0.4, -0.2) is 14.7 Å². The molecule has 4 heteroatoms. The number of benzene rings is 1. The second-order valence-corrected chi connectivity index (χ2v) is 6.02. The average molecular weight is 235 g/mol. The zero-order valence-corrected chi connectivity index (χ0v) is 10.1. The summed E-state index contributed by atoms with van der Waals surface area (Å²) in [4.78, 5) is 0. The highest BCUT2D eigenvalue weighted by Crippen LogP contribution is 2.17. The summed E-state index contributed by atoms with van der Waals surface area (Å²) in [5.74, 6) is -0.0528. The molecule has 0 heterocycles. The van der Waals surface area contributed by atoms with Crippen LogP contribution in [0.5, 0.6) is 0 Å². The first kappa shape index (κ1) is 12.5. The summed E-state index contributed by atoms with van der Waals surface area (Å²) in [5.41, 5.74) is 2.70. The second-order valence-electron chi connectivity index (χ2n) is 3.88. The predicted octanol–water partition coefficient (Wildman–Crippen LogP) is 2.14. The Morgan fingerprint density at radius 2 is 2.06 bits per heavy atom. The zero-order valence-electron chi connectivity index (χ0n) is 9.32. The van der Waals surface area contributed by atoms with Crippen LogP contribution < -0.4 is 0 Å². The van der Waals surface area contributed by atoms with Gasteiger partial charge in [0.15, 0.2) is 9.84 Å². The van der Waals surface area contributed by atoms with E-state index in [9.17, 15) is 8.42 Å². The molecule has 1 aromatic rings. The van der Waals surface area contributed by atoms with Crippen LogP contribution >= 0.6 is 0 Å². The molecule has 0 fully saturated rings. The lowest BCUT2D eigenvalue weighted by Gasteiger charge is -2.05. The Labute approximate surface area is 95.9 Å². The molecule has 0 atom stereocenters. The Kier molecular flexibility index (Phi) is 3.51. The second kappa shape index (κ2) is 4.50. The van der Waals surface area contributed by atoms with E-state index in [1.807, 2.05) is 13.0 Å². The SMILES string of the molecule is C=C(C)c1cc(C#N)cc(CS(C)(=O)=O)c1. The molecule has 0 spiro atoms. The van der Waals surface area contributed by atoms with Crippen LogP contribution in [0.15, 0.2) is 24.8 Å². The molecule has 0 amide bonds. The van der Waals surface area contributed by atoms with Gasteiger partial charge in [0.05, 0.1) is 17.4 Å². The molecule has 1 aromatic carbocycles. The zero-order chi connectivity index (χ0) is 12.3. The highest BCUT2D eigenvalue weighted by Gasteiger charge is 2.07. The minimum atomic E-state index is -3.08. The topological polar surface area (TPSA) is 57.9 Å². The fourth-order valence-electron chi connectivity index (χ4n) is 1.39. The molecule has 1 rings (SSSR count). The van der Waals surface area contributed by atoms with Gasteiger partial charge >= 0.3 is 0 Å². The summed E-state index contributed by atoms with van der Waals surface area (Å²) in [6.07, 6.45) is 1.17. The molecule has 0 aliphatic heterocycles. The summed E-state index contributed by atoms with van der Waals surface area (Å²) in [5, 5.41) is 8.84. The van der Waals surface area contributed by atoms with Crippen LogP contribution in [0, 0.1) is 11.3 Å². The first-order chi connectivity index (χ1) is 7.31. The van der Waals surface area contributed by atoms with Crippen molar-refractivity contribution in [1.29, 1.82) is 5.26 Å². The third-order valence-corrected chi connectivity index (χ3v) is 2.90. The summed E-state index contributed by atoms with van der Waals surface area (Å²) >= 11 is 0. The van der Waals surface area contributed by atoms with Gasteiger partial charge in [-0.3, -0.25) is 0 Å². The van der Waals surface area contributed by atoms with Crippen molar-refractivity contribution < 1.29 is 8.42 Å². The summed E-state index contributed by atoms with van der Waals surface area (Å²) in [6.45, 7) is 5.60.